The van der Waals surface area contributed by atoms with Gasteiger partial charge in [-0.2, -0.15) is 0 Å². The van der Waals surface area contributed by atoms with Crippen molar-refractivity contribution >= 4 is 12.6 Å². The fraction of sp³-hybridized carbons (Fsp3) is 0. The van der Waals surface area contributed by atoms with E-state index >= 15 is 0 Å². The highest BCUT2D eigenvalue weighted by atomic mass is 19.1. The molecular formula is C6H6BFO4. The number of phenols is 2. The summed E-state index contributed by atoms with van der Waals surface area (Å²) < 4.78 is 12.6. The van der Waals surface area contributed by atoms with Crippen molar-refractivity contribution in [3.8, 4) is 11.5 Å². The summed E-state index contributed by atoms with van der Waals surface area (Å²) in [6, 6.07) is 1.59. The first-order chi connectivity index (χ1) is 5.52. The number of rotatable bonds is 1. The Kier molecular flexibility index (Phi) is 2.21. The Hall–Kier alpha value is -1.27. The first-order valence-electron chi connectivity index (χ1n) is 3.10. The van der Waals surface area contributed by atoms with E-state index in [1.54, 1.807) is 0 Å². The van der Waals surface area contributed by atoms with Gasteiger partial charge in [0.2, 0.25) is 0 Å². The van der Waals surface area contributed by atoms with E-state index in [1.807, 2.05) is 0 Å². The predicted molar refractivity (Wildman–Crippen MR) is 39.6 cm³/mol. The second-order valence-corrected chi connectivity index (χ2v) is 2.24. The third kappa shape index (κ3) is 1.49. The van der Waals surface area contributed by atoms with E-state index in [9.17, 15) is 4.39 Å². The largest absolute Gasteiger partial charge is 0.504 e. The SMILES string of the molecule is OB(O)c1cc(O)c(O)c(F)c1. The Labute approximate surface area is 67.7 Å². The molecule has 0 fully saturated rings. The van der Waals surface area contributed by atoms with Gasteiger partial charge in [0.15, 0.2) is 17.3 Å². The lowest BCUT2D eigenvalue weighted by Gasteiger charge is -2.02. The van der Waals surface area contributed by atoms with E-state index in [4.69, 9.17) is 20.3 Å². The molecule has 1 aromatic rings. The Morgan fingerprint density at radius 1 is 1.17 bits per heavy atom. The van der Waals surface area contributed by atoms with E-state index in [0.717, 1.165) is 12.1 Å². The minimum absolute atomic E-state index is 0.220. The van der Waals surface area contributed by atoms with Crippen LogP contribution in [0, 0.1) is 5.82 Å². The summed E-state index contributed by atoms with van der Waals surface area (Å²) in [4.78, 5) is 0. The molecule has 0 spiro atoms. The van der Waals surface area contributed by atoms with Gasteiger partial charge in [0, 0.05) is 0 Å². The first kappa shape index (κ1) is 8.83. The Bertz CT molecular complexity index is 279. The maximum absolute atomic E-state index is 12.6. The van der Waals surface area contributed by atoms with Crippen LogP contribution in [-0.4, -0.2) is 27.4 Å². The molecule has 0 heterocycles. The molecule has 0 aliphatic carbocycles. The molecule has 12 heavy (non-hydrogen) atoms. The van der Waals surface area contributed by atoms with Crippen molar-refractivity contribution in [3.05, 3.63) is 17.9 Å². The molecule has 6 heteroatoms. The molecule has 0 saturated heterocycles. The Morgan fingerprint density at radius 2 is 1.75 bits per heavy atom. The average Bonchev–Trinajstić information content (AvgIpc) is 1.99. The number of halogens is 1. The molecule has 1 rings (SSSR count). The number of hydrogen-bond donors (Lipinski definition) is 4. The normalized spacial score (nSPS) is 9.92. The fourth-order valence-corrected chi connectivity index (χ4v) is 0.754. The van der Waals surface area contributed by atoms with Crippen molar-refractivity contribution in [2.75, 3.05) is 0 Å². The number of phenolic OH excluding ortho intramolecular Hbond substituents is 2. The topological polar surface area (TPSA) is 80.9 Å². The predicted octanol–water partition coefficient (Wildman–Crippen LogP) is -1.08. The second kappa shape index (κ2) is 3.00. The standard InChI is InChI=1S/C6H6BFO4/c8-4-1-3(7(11)12)2-5(9)6(4)10/h1-2,9-12H. The highest BCUT2D eigenvalue weighted by Crippen LogP contribution is 2.25. The lowest BCUT2D eigenvalue weighted by atomic mass is 9.80. The summed E-state index contributed by atoms with van der Waals surface area (Å²) in [5, 5.41) is 34.7. The summed E-state index contributed by atoms with van der Waals surface area (Å²) in [7, 11) is -1.87. The fourth-order valence-electron chi connectivity index (χ4n) is 0.754. The van der Waals surface area contributed by atoms with Crippen LogP contribution < -0.4 is 5.46 Å². The summed E-state index contributed by atoms with van der Waals surface area (Å²) in [5.74, 6) is -2.73. The van der Waals surface area contributed by atoms with Gasteiger partial charge in [-0.25, -0.2) is 4.39 Å². The minimum Gasteiger partial charge on any atom is -0.504 e. The van der Waals surface area contributed by atoms with Crippen molar-refractivity contribution in [3.63, 3.8) is 0 Å². The van der Waals surface area contributed by atoms with Gasteiger partial charge in [-0.15, -0.1) is 0 Å². The molecule has 0 radical (unpaired) electrons. The zero-order valence-corrected chi connectivity index (χ0v) is 5.90. The van der Waals surface area contributed by atoms with Crippen LogP contribution in [0.3, 0.4) is 0 Å². The molecule has 0 atom stereocenters. The molecule has 64 valence electrons. The van der Waals surface area contributed by atoms with Crippen molar-refractivity contribution in [1.29, 1.82) is 0 Å². The van der Waals surface area contributed by atoms with E-state index in [2.05, 4.69) is 0 Å². The molecule has 0 aliphatic rings. The van der Waals surface area contributed by atoms with Crippen molar-refractivity contribution < 1.29 is 24.7 Å². The molecule has 4 nitrogen and oxygen atoms in total. The van der Waals surface area contributed by atoms with Crippen LogP contribution in [0.4, 0.5) is 4.39 Å². The second-order valence-electron chi connectivity index (χ2n) is 2.24. The lowest BCUT2D eigenvalue weighted by molar-refractivity contribution is 0.378. The van der Waals surface area contributed by atoms with Crippen LogP contribution in [-0.2, 0) is 0 Å². The van der Waals surface area contributed by atoms with Crippen LogP contribution in [0.5, 0.6) is 11.5 Å². The minimum atomic E-state index is -1.87. The molecule has 4 N–H and O–H groups in total. The van der Waals surface area contributed by atoms with Gasteiger partial charge in [-0.3, -0.25) is 0 Å². The van der Waals surface area contributed by atoms with Gasteiger partial charge < -0.3 is 20.3 Å². The third-order valence-electron chi connectivity index (χ3n) is 1.36. The lowest BCUT2D eigenvalue weighted by Crippen LogP contribution is -2.29. The summed E-state index contributed by atoms with van der Waals surface area (Å²) >= 11 is 0. The Morgan fingerprint density at radius 3 is 2.17 bits per heavy atom. The summed E-state index contributed by atoms with van der Waals surface area (Å²) in [6.45, 7) is 0. The molecule has 1 aromatic carbocycles. The van der Waals surface area contributed by atoms with Gasteiger partial charge in [0.05, 0.1) is 0 Å². The van der Waals surface area contributed by atoms with Crippen LogP contribution in [0.2, 0.25) is 0 Å². The van der Waals surface area contributed by atoms with Crippen molar-refractivity contribution in [2.45, 2.75) is 0 Å². The summed E-state index contributed by atoms with van der Waals surface area (Å²) in [5.41, 5.74) is -0.220. The highest BCUT2D eigenvalue weighted by Gasteiger charge is 2.16. The van der Waals surface area contributed by atoms with E-state index in [-0.39, 0.29) is 5.46 Å². The molecular weight excluding hydrogens is 166 g/mol. The number of benzene rings is 1. The maximum atomic E-state index is 12.6. The van der Waals surface area contributed by atoms with Gasteiger partial charge in [0.1, 0.15) is 0 Å². The molecule has 0 bridgehead atoms. The van der Waals surface area contributed by atoms with Gasteiger partial charge >= 0.3 is 7.12 Å². The summed E-state index contributed by atoms with van der Waals surface area (Å²) in [6.07, 6.45) is 0. The highest BCUT2D eigenvalue weighted by molar-refractivity contribution is 6.58. The van der Waals surface area contributed by atoms with Crippen molar-refractivity contribution in [1.82, 2.24) is 0 Å². The van der Waals surface area contributed by atoms with Crippen LogP contribution >= 0.6 is 0 Å². The van der Waals surface area contributed by atoms with Gasteiger partial charge in [0.25, 0.3) is 0 Å². The van der Waals surface area contributed by atoms with Gasteiger partial charge in [-0.1, -0.05) is 0 Å². The van der Waals surface area contributed by atoms with Crippen LogP contribution in [0.15, 0.2) is 12.1 Å². The monoisotopic (exact) mass is 172 g/mol. The van der Waals surface area contributed by atoms with E-state index in [0.29, 0.717) is 0 Å². The molecule has 0 saturated carbocycles. The molecule has 0 aliphatic heterocycles. The molecule has 0 aromatic heterocycles. The van der Waals surface area contributed by atoms with Gasteiger partial charge in [-0.05, 0) is 17.6 Å². The van der Waals surface area contributed by atoms with Crippen LogP contribution in [0.1, 0.15) is 0 Å². The zero-order valence-electron chi connectivity index (χ0n) is 5.90. The smallest absolute Gasteiger partial charge is 0.488 e. The third-order valence-corrected chi connectivity index (χ3v) is 1.36. The molecule has 0 amide bonds. The maximum Gasteiger partial charge on any atom is 0.488 e. The van der Waals surface area contributed by atoms with E-state index in [1.165, 1.54) is 0 Å². The quantitative estimate of drug-likeness (QED) is 0.320. The zero-order chi connectivity index (χ0) is 9.30. The Balaban J connectivity index is 3.21. The molecule has 0 unspecified atom stereocenters. The van der Waals surface area contributed by atoms with Crippen LogP contribution in [0.25, 0.3) is 0 Å². The van der Waals surface area contributed by atoms with E-state index < -0.39 is 24.4 Å². The number of aromatic hydroxyl groups is 2. The average molecular weight is 172 g/mol. The van der Waals surface area contributed by atoms with Crippen molar-refractivity contribution in [2.24, 2.45) is 0 Å². The first-order valence-corrected chi connectivity index (χ1v) is 3.10. The number of hydrogen-bond acceptors (Lipinski definition) is 4.